The van der Waals surface area contributed by atoms with Gasteiger partial charge in [0.1, 0.15) is 0 Å². The number of aldehydes is 1. The maximum Gasteiger partial charge on any atom is 0.280 e. The van der Waals surface area contributed by atoms with Crippen LogP contribution in [0, 0.1) is 10.1 Å². The van der Waals surface area contributed by atoms with Gasteiger partial charge in [-0.15, -0.1) is 0 Å². The van der Waals surface area contributed by atoms with Crippen LogP contribution in [0.3, 0.4) is 0 Å². The van der Waals surface area contributed by atoms with Crippen LogP contribution in [-0.4, -0.2) is 24.3 Å². The van der Waals surface area contributed by atoms with Gasteiger partial charge in [0.25, 0.3) is 5.69 Å². The first-order valence-electron chi connectivity index (χ1n) is 6.01. The molecule has 0 aromatic heterocycles. The number of nitro benzene ring substituents is 1. The van der Waals surface area contributed by atoms with Gasteiger partial charge in [-0.3, -0.25) is 14.9 Å². The summed E-state index contributed by atoms with van der Waals surface area (Å²) in [5.74, 6) is 0. The minimum Gasteiger partial charge on any atom is -0.372 e. The van der Waals surface area contributed by atoms with Crippen molar-refractivity contribution in [2.45, 2.75) is 32.7 Å². The van der Waals surface area contributed by atoms with Crippen LogP contribution in [0.2, 0.25) is 0 Å². The van der Waals surface area contributed by atoms with Crippen molar-refractivity contribution in [2.24, 2.45) is 0 Å². The first-order valence-corrected chi connectivity index (χ1v) is 6.01. The van der Waals surface area contributed by atoms with Gasteiger partial charge in [0, 0.05) is 24.8 Å². The third-order valence-electron chi connectivity index (χ3n) is 3.23. The molecule has 0 unspecified atom stereocenters. The second kappa shape index (κ2) is 6.14. The van der Waals surface area contributed by atoms with Crippen LogP contribution < -0.4 is 4.90 Å². The van der Waals surface area contributed by atoms with E-state index in [1.54, 1.807) is 12.1 Å². The van der Waals surface area contributed by atoms with Gasteiger partial charge in [0.05, 0.1) is 10.5 Å². The molecule has 0 heterocycles. The summed E-state index contributed by atoms with van der Waals surface area (Å²) >= 11 is 0. The maximum absolute atomic E-state index is 10.9. The Morgan fingerprint density at radius 3 is 2.44 bits per heavy atom. The molecule has 1 rings (SSSR count). The molecule has 0 atom stereocenters. The summed E-state index contributed by atoms with van der Waals surface area (Å²) in [6, 6.07) is 5.01. The molecule has 0 N–H and O–H groups in total. The summed E-state index contributed by atoms with van der Waals surface area (Å²) in [4.78, 5) is 23.1. The summed E-state index contributed by atoms with van der Waals surface area (Å²) in [5, 5.41) is 10.7. The minimum absolute atomic E-state index is 0.121. The predicted octanol–water partition coefficient (Wildman–Crippen LogP) is 3.03. The van der Waals surface area contributed by atoms with Crippen molar-refractivity contribution in [3.05, 3.63) is 33.9 Å². The van der Waals surface area contributed by atoms with Crippen molar-refractivity contribution in [1.29, 1.82) is 0 Å². The van der Waals surface area contributed by atoms with E-state index in [0.717, 1.165) is 18.5 Å². The zero-order valence-corrected chi connectivity index (χ0v) is 10.9. The Bertz CT molecular complexity index is 442. The van der Waals surface area contributed by atoms with Crippen LogP contribution in [0.1, 0.15) is 37.0 Å². The van der Waals surface area contributed by atoms with Crippen LogP contribution >= 0.6 is 0 Å². The largest absolute Gasteiger partial charge is 0.372 e. The number of benzene rings is 1. The molecule has 1 aromatic carbocycles. The average Bonchev–Trinajstić information content (AvgIpc) is 2.39. The second-order valence-corrected chi connectivity index (χ2v) is 4.20. The Morgan fingerprint density at radius 1 is 1.39 bits per heavy atom. The SMILES string of the molecule is CCC(CC)N(C)c1ccc([N+](=O)[O-])c(C=O)c1. The Morgan fingerprint density at radius 2 is 2.00 bits per heavy atom. The van der Waals surface area contributed by atoms with Crippen molar-refractivity contribution in [3.63, 3.8) is 0 Å². The third-order valence-corrected chi connectivity index (χ3v) is 3.23. The van der Waals surface area contributed by atoms with E-state index < -0.39 is 4.92 Å². The molecule has 0 spiro atoms. The molecular formula is C13H18N2O3. The van der Waals surface area contributed by atoms with E-state index in [1.165, 1.54) is 6.07 Å². The Balaban J connectivity index is 3.12. The summed E-state index contributed by atoms with van der Waals surface area (Å²) in [5.41, 5.74) is 0.804. The van der Waals surface area contributed by atoms with E-state index in [2.05, 4.69) is 18.7 Å². The molecule has 0 saturated carbocycles. The van der Waals surface area contributed by atoms with E-state index in [9.17, 15) is 14.9 Å². The highest BCUT2D eigenvalue weighted by atomic mass is 16.6. The molecule has 18 heavy (non-hydrogen) atoms. The molecular weight excluding hydrogens is 232 g/mol. The van der Waals surface area contributed by atoms with Crippen LogP contribution in [0.25, 0.3) is 0 Å². The number of nitro groups is 1. The highest BCUT2D eigenvalue weighted by Gasteiger charge is 2.17. The molecule has 0 aliphatic carbocycles. The Labute approximate surface area is 107 Å². The number of rotatable bonds is 6. The van der Waals surface area contributed by atoms with Gasteiger partial charge in [0.15, 0.2) is 6.29 Å². The monoisotopic (exact) mass is 250 g/mol. The van der Waals surface area contributed by atoms with Crippen molar-refractivity contribution < 1.29 is 9.72 Å². The van der Waals surface area contributed by atoms with Gasteiger partial charge in [-0.1, -0.05) is 13.8 Å². The molecule has 5 heteroatoms. The van der Waals surface area contributed by atoms with Crippen LogP contribution in [0.5, 0.6) is 0 Å². The van der Waals surface area contributed by atoms with Crippen molar-refractivity contribution in [2.75, 3.05) is 11.9 Å². The molecule has 0 aliphatic rings. The van der Waals surface area contributed by atoms with E-state index >= 15 is 0 Å². The molecule has 0 aliphatic heterocycles. The van der Waals surface area contributed by atoms with Crippen molar-refractivity contribution in [3.8, 4) is 0 Å². The zero-order chi connectivity index (χ0) is 13.7. The van der Waals surface area contributed by atoms with Crippen molar-refractivity contribution in [1.82, 2.24) is 0 Å². The zero-order valence-electron chi connectivity index (χ0n) is 10.9. The highest BCUT2D eigenvalue weighted by Crippen LogP contribution is 2.25. The molecule has 0 saturated heterocycles. The van der Waals surface area contributed by atoms with Crippen molar-refractivity contribution >= 4 is 17.7 Å². The lowest BCUT2D eigenvalue weighted by Crippen LogP contribution is -2.30. The first kappa shape index (κ1) is 14.2. The lowest BCUT2D eigenvalue weighted by atomic mass is 10.1. The second-order valence-electron chi connectivity index (χ2n) is 4.20. The maximum atomic E-state index is 10.9. The molecule has 0 amide bonds. The number of hydrogen-bond donors (Lipinski definition) is 0. The fraction of sp³-hybridized carbons (Fsp3) is 0.462. The topological polar surface area (TPSA) is 63.4 Å². The molecule has 0 fully saturated rings. The quantitative estimate of drug-likeness (QED) is 0.442. The summed E-state index contributed by atoms with van der Waals surface area (Å²) in [7, 11) is 1.94. The van der Waals surface area contributed by atoms with Gasteiger partial charge in [-0.2, -0.15) is 0 Å². The van der Waals surface area contributed by atoms with E-state index in [4.69, 9.17) is 0 Å². The third kappa shape index (κ3) is 2.85. The first-order chi connectivity index (χ1) is 8.54. The molecule has 5 nitrogen and oxygen atoms in total. The Kier molecular flexibility index (Phi) is 4.83. The van der Waals surface area contributed by atoms with Gasteiger partial charge in [-0.05, 0) is 25.0 Å². The molecule has 1 aromatic rings. The standard InChI is InChI=1S/C13H18N2O3/c1-4-11(5-2)14(3)12-6-7-13(15(17)18)10(8-12)9-16/h6-9,11H,4-5H2,1-3H3. The summed E-state index contributed by atoms with van der Waals surface area (Å²) < 4.78 is 0. The predicted molar refractivity (Wildman–Crippen MR) is 71.3 cm³/mol. The molecule has 98 valence electrons. The van der Waals surface area contributed by atoms with Crippen LogP contribution in [0.15, 0.2) is 18.2 Å². The van der Waals surface area contributed by atoms with Crippen LogP contribution in [-0.2, 0) is 0 Å². The summed E-state index contributed by atoms with van der Waals surface area (Å²) in [6.45, 7) is 4.19. The van der Waals surface area contributed by atoms with Gasteiger partial charge < -0.3 is 4.90 Å². The van der Waals surface area contributed by atoms with Crippen LogP contribution in [0.4, 0.5) is 11.4 Å². The van der Waals surface area contributed by atoms with Gasteiger partial charge in [-0.25, -0.2) is 0 Å². The highest BCUT2D eigenvalue weighted by molar-refractivity contribution is 5.83. The normalized spacial score (nSPS) is 10.4. The Hall–Kier alpha value is -1.91. The summed E-state index contributed by atoms with van der Waals surface area (Å²) in [6.07, 6.45) is 2.50. The van der Waals surface area contributed by atoms with E-state index in [0.29, 0.717) is 12.3 Å². The number of anilines is 1. The molecule has 0 bridgehead atoms. The minimum atomic E-state index is -0.537. The smallest absolute Gasteiger partial charge is 0.280 e. The number of nitrogens with zero attached hydrogens (tertiary/aromatic N) is 2. The lowest BCUT2D eigenvalue weighted by Gasteiger charge is -2.28. The van der Waals surface area contributed by atoms with E-state index in [1.807, 2.05) is 7.05 Å². The molecule has 0 radical (unpaired) electrons. The lowest BCUT2D eigenvalue weighted by molar-refractivity contribution is -0.385. The fourth-order valence-electron chi connectivity index (χ4n) is 2.07. The fourth-order valence-corrected chi connectivity index (χ4v) is 2.07. The van der Waals surface area contributed by atoms with E-state index in [-0.39, 0.29) is 11.3 Å². The van der Waals surface area contributed by atoms with Gasteiger partial charge >= 0.3 is 0 Å². The number of carbonyl (C=O) groups is 1. The average molecular weight is 250 g/mol. The van der Waals surface area contributed by atoms with Gasteiger partial charge in [0.2, 0.25) is 0 Å². The number of carbonyl (C=O) groups excluding carboxylic acids is 1. The number of hydrogen-bond acceptors (Lipinski definition) is 4.